The molecule has 1 unspecified atom stereocenters. The fourth-order valence-electron chi connectivity index (χ4n) is 2.15. The molecule has 2 nitrogen and oxygen atoms in total. The third-order valence-corrected chi connectivity index (χ3v) is 3.12. The Balaban J connectivity index is 2.22. The molecule has 1 aromatic heterocycles. The average molecular weight is 229 g/mol. The quantitative estimate of drug-likeness (QED) is 0.790. The van der Waals surface area contributed by atoms with Crippen LogP contribution in [0.15, 0.2) is 36.5 Å². The number of nitrogens with zero attached hydrogens (tertiary/aromatic N) is 1. The van der Waals surface area contributed by atoms with Crippen molar-refractivity contribution < 1.29 is 5.11 Å². The first kappa shape index (κ1) is 12.1. The van der Waals surface area contributed by atoms with Crippen molar-refractivity contribution in [3.63, 3.8) is 0 Å². The third-order valence-electron chi connectivity index (χ3n) is 3.12. The summed E-state index contributed by atoms with van der Waals surface area (Å²) in [7, 11) is 0. The summed E-state index contributed by atoms with van der Waals surface area (Å²) in [6.45, 7) is 2.17. The van der Waals surface area contributed by atoms with Gasteiger partial charge in [-0.15, -0.1) is 0 Å². The van der Waals surface area contributed by atoms with Crippen LogP contribution < -0.4 is 0 Å². The van der Waals surface area contributed by atoms with Crippen molar-refractivity contribution in [3.05, 3.63) is 42.1 Å². The van der Waals surface area contributed by atoms with E-state index in [0.29, 0.717) is 0 Å². The van der Waals surface area contributed by atoms with Crippen LogP contribution in [-0.4, -0.2) is 10.1 Å². The highest BCUT2D eigenvalue weighted by Gasteiger charge is 2.10. The molecule has 0 radical (unpaired) electrons. The zero-order valence-electron chi connectivity index (χ0n) is 10.3. The molecular weight excluding hydrogens is 210 g/mol. The van der Waals surface area contributed by atoms with Crippen molar-refractivity contribution in [2.75, 3.05) is 0 Å². The molecule has 1 heterocycles. The molecule has 0 fully saturated rings. The van der Waals surface area contributed by atoms with Gasteiger partial charge >= 0.3 is 0 Å². The molecule has 0 aliphatic rings. The summed E-state index contributed by atoms with van der Waals surface area (Å²) in [6.07, 6.45) is 5.69. The Labute approximate surface area is 102 Å². The van der Waals surface area contributed by atoms with E-state index in [2.05, 4.69) is 11.9 Å². The first-order chi connectivity index (χ1) is 8.33. The minimum atomic E-state index is -0.366. The highest BCUT2D eigenvalue weighted by Crippen LogP contribution is 2.26. The molecule has 90 valence electrons. The highest BCUT2D eigenvalue weighted by atomic mass is 16.3. The molecule has 0 spiro atoms. The average Bonchev–Trinajstić information content (AvgIpc) is 2.38. The second-order valence-electron chi connectivity index (χ2n) is 4.43. The maximum Gasteiger partial charge on any atom is 0.0797 e. The number of hydrogen-bond donors (Lipinski definition) is 1. The molecule has 0 aliphatic carbocycles. The summed E-state index contributed by atoms with van der Waals surface area (Å²) in [6, 6.07) is 9.91. The molecule has 2 heteroatoms. The number of rotatable bonds is 5. The first-order valence-electron chi connectivity index (χ1n) is 6.34. The summed E-state index contributed by atoms with van der Waals surface area (Å²) in [5, 5.41) is 11.3. The van der Waals surface area contributed by atoms with Crippen molar-refractivity contribution in [3.8, 4) is 0 Å². The molecule has 1 aromatic carbocycles. The molecule has 0 saturated heterocycles. The van der Waals surface area contributed by atoms with Gasteiger partial charge in [0.2, 0.25) is 0 Å². The van der Waals surface area contributed by atoms with E-state index in [1.54, 1.807) is 6.20 Å². The number of pyridine rings is 1. The summed E-state index contributed by atoms with van der Waals surface area (Å²) < 4.78 is 0. The molecular formula is C15H19NO. The van der Waals surface area contributed by atoms with Gasteiger partial charge in [-0.05, 0) is 24.1 Å². The van der Waals surface area contributed by atoms with Gasteiger partial charge in [0, 0.05) is 11.6 Å². The van der Waals surface area contributed by atoms with Gasteiger partial charge in [0.25, 0.3) is 0 Å². The molecule has 2 rings (SSSR count). The maximum absolute atomic E-state index is 10.2. The standard InChI is InChI=1S/C15H19NO/c1-2-3-4-9-15(17)13-10-11-16-14-8-6-5-7-12(13)14/h5-8,10-11,15,17H,2-4,9H2,1H3. The Bertz CT molecular complexity index is 476. The molecule has 0 amide bonds. The van der Waals surface area contributed by atoms with E-state index in [4.69, 9.17) is 0 Å². The Morgan fingerprint density at radius 1 is 1.18 bits per heavy atom. The lowest BCUT2D eigenvalue weighted by molar-refractivity contribution is 0.165. The fourth-order valence-corrected chi connectivity index (χ4v) is 2.15. The van der Waals surface area contributed by atoms with Crippen LogP contribution in [0.1, 0.15) is 44.3 Å². The van der Waals surface area contributed by atoms with E-state index < -0.39 is 0 Å². The Hall–Kier alpha value is -1.41. The molecule has 17 heavy (non-hydrogen) atoms. The second kappa shape index (κ2) is 5.78. The molecule has 2 aromatic rings. The number of benzene rings is 1. The molecule has 0 saturated carbocycles. The van der Waals surface area contributed by atoms with Crippen molar-refractivity contribution >= 4 is 10.9 Å². The van der Waals surface area contributed by atoms with E-state index >= 15 is 0 Å². The summed E-state index contributed by atoms with van der Waals surface area (Å²) in [5.41, 5.74) is 1.96. The van der Waals surface area contributed by atoms with Crippen LogP contribution in [0.25, 0.3) is 10.9 Å². The minimum Gasteiger partial charge on any atom is -0.388 e. The topological polar surface area (TPSA) is 33.1 Å². The van der Waals surface area contributed by atoms with Crippen LogP contribution >= 0.6 is 0 Å². The number of fused-ring (bicyclic) bond motifs is 1. The number of unbranched alkanes of at least 4 members (excludes halogenated alkanes) is 2. The summed E-state index contributed by atoms with van der Waals surface area (Å²) >= 11 is 0. The van der Waals surface area contributed by atoms with Gasteiger partial charge in [-0.1, -0.05) is 44.4 Å². The molecule has 0 aliphatic heterocycles. The lowest BCUT2D eigenvalue weighted by Gasteiger charge is -2.13. The van der Waals surface area contributed by atoms with E-state index in [9.17, 15) is 5.11 Å². The van der Waals surface area contributed by atoms with E-state index in [1.807, 2.05) is 30.3 Å². The van der Waals surface area contributed by atoms with Gasteiger partial charge in [-0.3, -0.25) is 4.98 Å². The SMILES string of the molecule is CCCCCC(O)c1ccnc2ccccc12. The lowest BCUT2D eigenvalue weighted by Crippen LogP contribution is -1.99. The number of aliphatic hydroxyl groups excluding tert-OH is 1. The van der Waals surface area contributed by atoms with Crippen molar-refractivity contribution in [2.24, 2.45) is 0 Å². The largest absolute Gasteiger partial charge is 0.388 e. The second-order valence-corrected chi connectivity index (χ2v) is 4.43. The zero-order valence-corrected chi connectivity index (χ0v) is 10.3. The van der Waals surface area contributed by atoms with Gasteiger partial charge < -0.3 is 5.11 Å². The van der Waals surface area contributed by atoms with E-state index in [-0.39, 0.29) is 6.10 Å². The maximum atomic E-state index is 10.2. The van der Waals surface area contributed by atoms with Crippen molar-refractivity contribution in [1.29, 1.82) is 0 Å². The zero-order chi connectivity index (χ0) is 12.1. The van der Waals surface area contributed by atoms with Gasteiger partial charge in [0.15, 0.2) is 0 Å². The van der Waals surface area contributed by atoms with E-state index in [0.717, 1.165) is 29.3 Å². The minimum absolute atomic E-state index is 0.366. The van der Waals surface area contributed by atoms with Gasteiger partial charge in [-0.25, -0.2) is 0 Å². The van der Waals surface area contributed by atoms with Crippen molar-refractivity contribution in [1.82, 2.24) is 4.98 Å². The number of para-hydroxylation sites is 1. The summed E-state index contributed by atoms with van der Waals surface area (Å²) in [4.78, 5) is 4.31. The van der Waals surface area contributed by atoms with E-state index in [1.165, 1.54) is 12.8 Å². The predicted octanol–water partition coefficient (Wildman–Crippen LogP) is 3.85. The van der Waals surface area contributed by atoms with Crippen LogP contribution in [0, 0.1) is 0 Å². The Morgan fingerprint density at radius 2 is 2.00 bits per heavy atom. The normalized spacial score (nSPS) is 12.8. The Morgan fingerprint density at radius 3 is 2.82 bits per heavy atom. The van der Waals surface area contributed by atoms with Crippen LogP contribution in [-0.2, 0) is 0 Å². The fraction of sp³-hybridized carbons (Fsp3) is 0.400. The van der Waals surface area contributed by atoms with Gasteiger partial charge in [0.05, 0.1) is 11.6 Å². The number of aliphatic hydroxyl groups is 1. The summed E-state index contributed by atoms with van der Waals surface area (Å²) in [5.74, 6) is 0. The van der Waals surface area contributed by atoms with Gasteiger partial charge in [-0.2, -0.15) is 0 Å². The predicted molar refractivity (Wildman–Crippen MR) is 70.8 cm³/mol. The monoisotopic (exact) mass is 229 g/mol. The molecule has 1 atom stereocenters. The number of aromatic nitrogens is 1. The van der Waals surface area contributed by atoms with Crippen LogP contribution in [0.2, 0.25) is 0 Å². The van der Waals surface area contributed by atoms with Crippen LogP contribution in [0.5, 0.6) is 0 Å². The smallest absolute Gasteiger partial charge is 0.0797 e. The van der Waals surface area contributed by atoms with Crippen LogP contribution in [0.3, 0.4) is 0 Å². The Kier molecular flexibility index (Phi) is 4.10. The third kappa shape index (κ3) is 2.83. The number of hydrogen-bond acceptors (Lipinski definition) is 2. The lowest BCUT2D eigenvalue weighted by atomic mass is 10.00. The first-order valence-corrected chi connectivity index (χ1v) is 6.34. The molecule has 1 N–H and O–H groups in total. The highest BCUT2D eigenvalue weighted by molar-refractivity contribution is 5.82. The van der Waals surface area contributed by atoms with Crippen molar-refractivity contribution in [2.45, 2.75) is 38.7 Å². The van der Waals surface area contributed by atoms with Crippen LogP contribution in [0.4, 0.5) is 0 Å². The van der Waals surface area contributed by atoms with Gasteiger partial charge in [0.1, 0.15) is 0 Å². The molecule has 0 bridgehead atoms.